The van der Waals surface area contributed by atoms with Crippen molar-refractivity contribution in [3.8, 4) is 0 Å². The maximum absolute atomic E-state index is 13.2. The minimum absolute atomic E-state index is 0.0333. The lowest BCUT2D eigenvalue weighted by molar-refractivity contribution is -0.138. The first-order valence-electron chi connectivity index (χ1n) is 8.93. The van der Waals surface area contributed by atoms with Crippen molar-refractivity contribution in [1.82, 2.24) is 10.2 Å². The number of rotatable bonds is 3. The molecule has 1 aromatic rings. The monoisotopic (exact) mass is 389 g/mol. The van der Waals surface area contributed by atoms with E-state index in [9.17, 15) is 17.6 Å². The molecule has 0 aromatic heterocycles. The fourth-order valence-electron chi connectivity index (χ4n) is 3.46. The lowest BCUT2D eigenvalue weighted by Crippen LogP contribution is -2.53. The van der Waals surface area contributed by atoms with E-state index in [1.54, 1.807) is 7.05 Å². The third-order valence-electron chi connectivity index (χ3n) is 4.80. The van der Waals surface area contributed by atoms with E-state index in [4.69, 9.17) is 9.47 Å². The molecule has 9 heteroatoms. The number of benzene rings is 1. The zero-order valence-electron chi connectivity index (χ0n) is 15.1. The van der Waals surface area contributed by atoms with Crippen LogP contribution in [0.2, 0.25) is 0 Å². The highest BCUT2D eigenvalue weighted by Crippen LogP contribution is 2.32. The molecular formula is C18H23F4N3O2. The minimum Gasteiger partial charge on any atom is -0.375 e. The molecule has 2 unspecified atom stereocenters. The van der Waals surface area contributed by atoms with Gasteiger partial charge in [-0.15, -0.1) is 0 Å². The highest BCUT2D eigenvalue weighted by atomic mass is 19.4. The molecule has 150 valence electrons. The summed E-state index contributed by atoms with van der Waals surface area (Å²) >= 11 is 0. The Kier molecular flexibility index (Phi) is 6.21. The molecule has 2 aliphatic heterocycles. The van der Waals surface area contributed by atoms with Gasteiger partial charge in [0.15, 0.2) is 5.96 Å². The van der Waals surface area contributed by atoms with Crippen LogP contribution in [0.25, 0.3) is 0 Å². The second-order valence-corrected chi connectivity index (χ2v) is 6.61. The van der Waals surface area contributed by atoms with Gasteiger partial charge in [-0.2, -0.15) is 13.2 Å². The Morgan fingerprint density at radius 1 is 1.26 bits per heavy atom. The lowest BCUT2D eigenvalue weighted by Gasteiger charge is -2.37. The zero-order chi connectivity index (χ0) is 19.4. The molecule has 5 nitrogen and oxygen atoms in total. The molecule has 0 saturated carbocycles. The fraction of sp³-hybridized carbons (Fsp3) is 0.611. The predicted molar refractivity (Wildman–Crippen MR) is 91.9 cm³/mol. The Morgan fingerprint density at radius 2 is 2.04 bits per heavy atom. The summed E-state index contributed by atoms with van der Waals surface area (Å²) in [6.45, 7) is 2.25. The number of hydrogen-bond donors (Lipinski definition) is 1. The van der Waals surface area contributed by atoms with E-state index in [1.165, 1.54) is 0 Å². The average Bonchev–Trinajstić information content (AvgIpc) is 3.17. The van der Waals surface area contributed by atoms with Gasteiger partial charge in [0.2, 0.25) is 0 Å². The SMILES string of the molecule is CN=C(NCc1ccc(F)cc1C(F)(F)F)N1CCOC(C2CCCO2)C1. The molecule has 0 aliphatic carbocycles. The Labute approximate surface area is 155 Å². The van der Waals surface area contributed by atoms with E-state index >= 15 is 0 Å². The van der Waals surface area contributed by atoms with E-state index in [0.717, 1.165) is 31.6 Å². The van der Waals surface area contributed by atoms with E-state index in [2.05, 4.69) is 10.3 Å². The second-order valence-electron chi connectivity index (χ2n) is 6.61. The molecule has 2 fully saturated rings. The zero-order valence-corrected chi connectivity index (χ0v) is 15.1. The van der Waals surface area contributed by atoms with Gasteiger partial charge in [0, 0.05) is 33.3 Å². The van der Waals surface area contributed by atoms with Gasteiger partial charge in [0.05, 0.1) is 18.3 Å². The van der Waals surface area contributed by atoms with Crippen LogP contribution in [-0.2, 0) is 22.2 Å². The topological polar surface area (TPSA) is 46.1 Å². The smallest absolute Gasteiger partial charge is 0.375 e. The van der Waals surface area contributed by atoms with Crippen molar-refractivity contribution < 1.29 is 27.0 Å². The lowest BCUT2D eigenvalue weighted by atomic mass is 10.1. The number of ether oxygens (including phenoxy) is 2. The molecule has 0 radical (unpaired) electrons. The molecule has 1 N–H and O–H groups in total. The number of nitrogens with zero attached hydrogens (tertiary/aromatic N) is 2. The largest absolute Gasteiger partial charge is 0.416 e. The number of halogens is 4. The van der Waals surface area contributed by atoms with Crippen molar-refractivity contribution in [1.29, 1.82) is 0 Å². The van der Waals surface area contributed by atoms with Crippen LogP contribution in [0.5, 0.6) is 0 Å². The maximum atomic E-state index is 13.2. The summed E-state index contributed by atoms with van der Waals surface area (Å²) in [5, 5.41) is 2.96. The molecule has 2 atom stereocenters. The first-order valence-corrected chi connectivity index (χ1v) is 8.93. The van der Waals surface area contributed by atoms with Gasteiger partial charge >= 0.3 is 6.18 Å². The molecule has 27 heavy (non-hydrogen) atoms. The van der Waals surface area contributed by atoms with Crippen LogP contribution in [0.15, 0.2) is 23.2 Å². The summed E-state index contributed by atoms with van der Waals surface area (Å²) in [7, 11) is 1.58. The molecule has 2 heterocycles. The molecule has 0 amide bonds. The van der Waals surface area contributed by atoms with Gasteiger partial charge in [0.1, 0.15) is 11.9 Å². The standard InChI is InChI=1S/C18H23F4N3O2/c1-23-17(25-6-8-27-16(11-25)15-3-2-7-26-15)24-10-12-4-5-13(19)9-14(12)18(20,21)22/h4-5,9,15-16H,2-3,6-8,10-11H2,1H3,(H,23,24). The molecule has 2 aliphatic rings. The fourth-order valence-corrected chi connectivity index (χ4v) is 3.46. The Bertz CT molecular complexity index is 675. The summed E-state index contributed by atoms with van der Waals surface area (Å²) < 4.78 is 64.2. The molecule has 0 bridgehead atoms. The number of alkyl halides is 3. The Hall–Kier alpha value is -1.87. The van der Waals surface area contributed by atoms with Crippen molar-refractivity contribution in [3.05, 3.63) is 35.1 Å². The van der Waals surface area contributed by atoms with Gasteiger partial charge in [-0.05, 0) is 30.5 Å². The van der Waals surface area contributed by atoms with Crippen LogP contribution in [-0.4, -0.2) is 56.4 Å². The van der Waals surface area contributed by atoms with Gasteiger partial charge in [-0.3, -0.25) is 4.99 Å². The van der Waals surface area contributed by atoms with Crippen LogP contribution in [0.4, 0.5) is 17.6 Å². The average molecular weight is 389 g/mol. The number of guanidine groups is 1. The summed E-state index contributed by atoms with van der Waals surface area (Å²) in [5.74, 6) is -0.429. The van der Waals surface area contributed by atoms with E-state index < -0.39 is 17.6 Å². The van der Waals surface area contributed by atoms with Gasteiger partial charge in [0.25, 0.3) is 0 Å². The summed E-state index contributed by atoms with van der Waals surface area (Å²) in [5.41, 5.74) is -1.02. The molecule has 2 saturated heterocycles. The third-order valence-corrected chi connectivity index (χ3v) is 4.80. The van der Waals surface area contributed by atoms with E-state index in [1.807, 2.05) is 4.90 Å². The van der Waals surface area contributed by atoms with Crippen LogP contribution in [0.1, 0.15) is 24.0 Å². The molecule has 3 rings (SSSR count). The van der Waals surface area contributed by atoms with Gasteiger partial charge < -0.3 is 19.7 Å². The summed E-state index contributed by atoms with van der Waals surface area (Å²) in [6.07, 6.45) is -2.72. The minimum atomic E-state index is -4.62. The number of hydrogen-bond acceptors (Lipinski definition) is 3. The van der Waals surface area contributed by atoms with Crippen LogP contribution < -0.4 is 5.32 Å². The Balaban J connectivity index is 1.66. The third kappa shape index (κ3) is 4.90. The summed E-state index contributed by atoms with van der Waals surface area (Å²) in [6, 6.07) is 2.69. The van der Waals surface area contributed by atoms with Crippen LogP contribution in [0, 0.1) is 5.82 Å². The van der Waals surface area contributed by atoms with Crippen molar-refractivity contribution in [2.45, 2.75) is 37.8 Å². The van der Waals surface area contributed by atoms with Crippen molar-refractivity contribution in [3.63, 3.8) is 0 Å². The Morgan fingerprint density at radius 3 is 2.70 bits per heavy atom. The van der Waals surface area contributed by atoms with Crippen molar-refractivity contribution >= 4 is 5.96 Å². The molecule has 0 spiro atoms. The normalized spacial score (nSPS) is 24.3. The first kappa shape index (κ1) is 19.9. The number of aliphatic imine (C=N–C) groups is 1. The highest BCUT2D eigenvalue weighted by Gasteiger charge is 2.34. The van der Waals surface area contributed by atoms with E-state index in [0.29, 0.717) is 31.7 Å². The molecular weight excluding hydrogens is 366 g/mol. The van der Waals surface area contributed by atoms with Crippen molar-refractivity contribution in [2.24, 2.45) is 4.99 Å². The second kappa shape index (κ2) is 8.43. The highest BCUT2D eigenvalue weighted by molar-refractivity contribution is 5.80. The van der Waals surface area contributed by atoms with Gasteiger partial charge in [-0.25, -0.2) is 4.39 Å². The first-order chi connectivity index (χ1) is 12.9. The number of morpholine rings is 1. The predicted octanol–water partition coefficient (Wildman–Crippen LogP) is 2.80. The van der Waals surface area contributed by atoms with E-state index in [-0.39, 0.29) is 24.3 Å². The quantitative estimate of drug-likeness (QED) is 0.491. The van der Waals surface area contributed by atoms with Gasteiger partial charge in [-0.1, -0.05) is 6.07 Å². The maximum Gasteiger partial charge on any atom is 0.416 e. The van der Waals surface area contributed by atoms with Crippen LogP contribution >= 0.6 is 0 Å². The summed E-state index contributed by atoms with van der Waals surface area (Å²) in [4.78, 5) is 6.13. The van der Waals surface area contributed by atoms with Crippen molar-refractivity contribution in [2.75, 3.05) is 33.4 Å². The van der Waals surface area contributed by atoms with Crippen LogP contribution in [0.3, 0.4) is 0 Å². The number of nitrogens with one attached hydrogen (secondary N) is 1. The molecule has 1 aromatic carbocycles.